The molecule has 10 heteroatoms. The fourth-order valence-corrected chi connectivity index (χ4v) is 3.71. The minimum Gasteiger partial charge on any atom is -0.381 e. The zero-order chi connectivity index (χ0) is 21.1. The monoisotopic (exact) mass is 413 g/mol. The minimum atomic E-state index is -0.347. The summed E-state index contributed by atoms with van der Waals surface area (Å²) in [5, 5.41) is 22.3. The van der Waals surface area contributed by atoms with Gasteiger partial charge in [0.1, 0.15) is 0 Å². The lowest BCUT2D eigenvalue weighted by atomic mass is 10.0. The molecule has 0 spiro atoms. The van der Waals surface area contributed by atoms with E-state index in [9.17, 15) is 10.1 Å². The summed E-state index contributed by atoms with van der Waals surface area (Å²) in [6.07, 6.45) is 8.39. The van der Waals surface area contributed by atoms with Crippen molar-refractivity contribution >= 4 is 17.5 Å². The van der Waals surface area contributed by atoms with Gasteiger partial charge in [0.2, 0.25) is 11.9 Å². The molecule has 2 aromatic heterocycles. The number of hydrogen-bond acceptors (Lipinski definition) is 8. The van der Waals surface area contributed by atoms with E-state index in [1.807, 2.05) is 6.20 Å². The summed E-state index contributed by atoms with van der Waals surface area (Å²) in [4.78, 5) is 20.1. The predicted octanol–water partition coefficient (Wildman–Crippen LogP) is 3.13. The zero-order valence-electron chi connectivity index (χ0n) is 17.3. The summed E-state index contributed by atoms with van der Waals surface area (Å²) >= 11 is 0. The summed E-state index contributed by atoms with van der Waals surface area (Å²) in [5.41, 5.74) is 2.92. The first kappa shape index (κ1) is 20.3. The van der Waals surface area contributed by atoms with E-state index >= 15 is 0 Å². The second-order valence-electron chi connectivity index (χ2n) is 7.97. The molecule has 1 aliphatic carbocycles. The first-order chi connectivity index (χ1) is 14.5. The molecule has 1 fully saturated rings. The van der Waals surface area contributed by atoms with Gasteiger partial charge in [0.05, 0.1) is 11.1 Å². The lowest BCUT2D eigenvalue weighted by Crippen LogP contribution is -2.29. The molecule has 0 saturated carbocycles. The molecule has 2 N–H and O–H groups in total. The summed E-state index contributed by atoms with van der Waals surface area (Å²) < 4.78 is 7.14. The van der Waals surface area contributed by atoms with Crippen LogP contribution in [0, 0.1) is 10.1 Å². The molecule has 4 rings (SSSR count). The second kappa shape index (κ2) is 8.78. The van der Waals surface area contributed by atoms with Gasteiger partial charge in [-0.25, -0.2) is 0 Å². The third-order valence-corrected chi connectivity index (χ3v) is 5.43. The average molecular weight is 413 g/mol. The van der Waals surface area contributed by atoms with Crippen molar-refractivity contribution in [2.24, 2.45) is 0 Å². The Kier molecular flexibility index (Phi) is 5.93. The van der Waals surface area contributed by atoms with Gasteiger partial charge < -0.3 is 15.4 Å². The fraction of sp³-hybridized carbons (Fsp3) is 0.550. The molecule has 0 amide bonds. The van der Waals surface area contributed by atoms with Gasteiger partial charge in [-0.15, -0.1) is 0 Å². The van der Waals surface area contributed by atoms with Crippen LogP contribution >= 0.6 is 0 Å². The maximum atomic E-state index is 11.1. The number of rotatable bonds is 7. The van der Waals surface area contributed by atoms with Crippen molar-refractivity contribution in [3.8, 4) is 0 Å². The summed E-state index contributed by atoms with van der Waals surface area (Å²) in [6, 6.07) is 0.272. The Bertz CT molecular complexity index is 990. The van der Waals surface area contributed by atoms with E-state index in [1.165, 1.54) is 0 Å². The number of anilines is 2. The number of nitro groups is 1. The van der Waals surface area contributed by atoms with Crippen molar-refractivity contribution in [2.45, 2.75) is 51.5 Å². The Labute approximate surface area is 174 Å². The third-order valence-electron chi connectivity index (χ3n) is 5.43. The standard InChI is InChI=1S/C20H27N7O3/c1-13(2)17-12-22-26-18(17)24-19(23-15-6-8-30-9-7-15)25-20(26)21-11-14-4-3-5-16(10-14)27(28)29/h5,10,12-13,15H,3-4,6-9,11H2,1-2H3,(H2,21,23,24,25). The topological polar surface area (TPSA) is 120 Å². The lowest BCUT2D eigenvalue weighted by Gasteiger charge is -2.23. The van der Waals surface area contributed by atoms with E-state index in [0.29, 0.717) is 24.9 Å². The highest BCUT2D eigenvalue weighted by Gasteiger charge is 2.19. The van der Waals surface area contributed by atoms with Crippen molar-refractivity contribution in [1.82, 2.24) is 19.6 Å². The highest BCUT2D eigenvalue weighted by Crippen LogP contribution is 2.24. The number of fused-ring (bicyclic) bond motifs is 1. The molecule has 0 unspecified atom stereocenters. The van der Waals surface area contributed by atoms with E-state index in [4.69, 9.17) is 9.72 Å². The summed E-state index contributed by atoms with van der Waals surface area (Å²) in [5.74, 6) is 1.40. The number of nitrogens with one attached hydrogen (secondary N) is 2. The number of aromatic nitrogens is 4. The van der Waals surface area contributed by atoms with Gasteiger partial charge in [-0.3, -0.25) is 10.1 Å². The molecule has 1 aliphatic heterocycles. The first-order valence-corrected chi connectivity index (χ1v) is 10.4. The number of allylic oxidation sites excluding steroid dienone is 2. The molecular formula is C20H27N7O3. The SMILES string of the molecule is CC(C)c1cnn2c(NCC3=CC([N+](=O)[O-])=CCC3)nc(NC3CCOCC3)nc12. The first-order valence-electron chi connectivity index (χ1n) is 10.4. The maximum absolute atomic E-state index is 11.1. The highest BCUT2D eigenvalue weighted by molar-refractivity contribution is 5.56. The fourth-order valence-electron chi connectivity index (χ4n) is 3.71. The van der Waals surface area contributed by atoms with E-state index in [1.54, 1.807) is 16.7 Å². The Hall–Kier alpha value is -3.01. The Morgan fingerprint density at radius 3 is 2.87 bits per heavy atom. The van der Waals surface area contributed by atoms with Crippen LogP contribution in [0.15, 0.2) is 29.6 Å². The number of ether oxygens (including phenoxy) is 1. The van der Waals surface area contributed by atoms with Crippen molar-refractivity contribution in [3.63, 3.8) is 0 Å². The molecule has 2 aromatic rings. The van der Waals surface area contributed by atoms with Gasteiger partial charge in [0.15, 0.2) is 5.65 Å². The van der Waals surface area contributed by atoms with Crippen molar-refractivity contribution in [2.75, 3.05) is 30.4 Å². The molecule has 1 saturated heterocycles. The molecule has 10 nitrogen and oxygen atoms in total. The largest absolute Gasteiger partial charge is 0.381 e. The molecule has 0 atom stereocenters. The van der Waals surface area contributed by atoms with Crippen LogP contribution < -0.4 is 10.6 Å². The van der Waals surface area contributed by atoms with Crippen molar-refractivity contribution in [1.29, 1.82) is 0 Å². The molecule has 2 aliphatic rings. The predicted molar refractivity (Wildman–Crippen MR) is 113 cm³/mol. The van der Waals surface area contributed by atoms with Crippen molar-refractivity contribution in [3.05, 3.63) is 45.3 Å². The Balaban J connectivity index is 1.60. The van der Waals surface area contributed by atoms with Crippen LogP contribution in [0.25, 0.3) is 5.65 Å². The molecule has 0 bridgehead atoms. The van der Waals surface area contributed by atoms with Crippen LogP contribution in [0.4, 0.5) is 11.9 Å². The quantitative estimate of drug-likeness (QED) is 0.525. The van der Waals surface area contributed by atoms with Crippen LogP contribution in [-0.2, 0) is 4.74 Å². The van der Waals surface area contributed by atoms with E-state index in [0.717, 1.165) is 49.3 Å². The van der Waals surface area contributed by atoms with Crippen LogP contribution in [0.3, 0.4) is 0 Å². The Morgan fingerprint density at radius 2 is 2.13 bits per heavy atom. The molecule has 0 aromatic carbocycles. The normalized spacial score (nSPS) is 17.7. The van der Waals surface area contributed by atoms with E-state index < -0.39 is 0 Å². The van der Waals surface area contributed by atoms with Crippen molar-refractivity contribution < 1.29 is 9.66 Å². The maximum Gasteiger partial charge on any atom is 0.265 e. The average Bonchev–Trinajstić information content (AvgIpc) is 3.17. The van der Waals surface area contributed by atoms with Gasteiger partial charge in [0.25, 0.3) is 5.70 Å². The number of hydrogen-bond donors (Lipinski definition) is 2. The molecule has 160 valence electrons. The second-order valence-corrected chi connectivity index (χ2v) is 7.97. The van der Waals surface area contributed by atoms with Gasteiger partial charge in [-0.05, 0) is 43.3 Å². The molecule has 0 radical (unpaired) electrons. The highest BCUT2D eigenvalue weighted by atomic mass is 16.6. The minimum absolute atomic E-state index is 0.147. The van der Waals surface area contributed by atoms with E-state index in [-0.39, 0.29) is 22.6 Å². The van der Waals surface area contributed by atoms with Gasteiger partial charge in [-0.2, -0.15) is 19.6 Å². The van der Waals surface area contributed by atoms with Gasteiger partial charge in [-0.1, -0.05) is 13.8 Å². The third kappa shape index (κ3) is 4.43. The molecule has 30 heavy (non-hydrogen) atoms. The van der Waals surface area contributed by atoms with E-state index in [2.05, 4.69) is 34.6 Å². The van der Waals surface area contributed by atoms with Gasteiger partial charge >= 0.3 is 0 Å². The number of nitrogens with zero attached hydrogens (tertiary/aromatic N) is 5. The molecular weight excluding hydrogens is 386 g/mol. The van der Waals surface area contributed by atoms with Crippen LogP contribution in [-0.4, -0.2) is 50.3 Å². The van der Waals surface area contributed by atoms with Gasteiger partial charge in [0, 0.05) is 37.4 Å². The Morgan fingerprint density at radius 1 is 1.33 bits per heavy atom. The smallest absolute Gasteiger partial charge is 0.265 e. The summed E-state index contributed by atoms with van der Waals surface area (Å²) in [7, 11) is 0. The zero-order valence-corrected chi connectivity index (χ0v) is 17.3. The lowest BCUT2D eigenvalue weighted by molar-refractivity contribution is -0.419. The van der Waals surface area contributed by atoms with Crippen LogP contribution in [0.1, 0.15) is 51.0 Å². The van der Waals surface area contributed by atoms with Crippen LogP contribution in [0.5, 0.6) is 0 Å². The molecule has 3 heterocycles. The summed E-state index contributed by atoms with van der Waals surface area (Å²) in [6.45, 7) is 6.14. The van der Waals surface area contributed by atoms with Crippen LogP contribution in [0.2, 0.25) is 0 Å².